The van der Waals surface area contributed by atoms with Gasteiger partial charge in [-0.15, -0.1) is 0 Å². The average Bonchev–Trinajstić information content (AvgIpc) is 2.66. The molecule has 0 aliphatic rings. The highest BCUT2D eigenvalue weighted by molar-refractivity contribution is 8.76. The van der Waals surface area contributed by atoms with Gasteiger partial charge in [0.1, 0.15) is 23.3 Å². The van der Waals surface area contributed by atoms with Gasteiger partial charge < -0.3 is 29.6 Å². The van der Waals surface area contributed by atoms with Gasteiger partial charge in [-0.05, 0) is 68.2 Å². The summed E-state index contributed by atoms with van der Waals surface area (Å²) in [6.45, 7) is 14.2. The number of nitrogens with one attached hydrogen (secondary N) is 2. The largest absolute Gasteiger partial charge is 0.464 e. The summed E-state index contributed by atoms with van der Waals surface area (Å²) < 4.78 is 20.5. The predicted octanol–water partition coefficient (Wildman–Crippen LogP) is 4.06. The van der Waals surface area contributed by atoms with E-state index in [0.29, 0.717) is 24.3 Å². The van der Waals surface area contributed by atoms with Gasteiger partial charge in [0.05, 0.1) is 13.2 Å². The monoisotopic (exact) mass is 524 g/mol. The molecule has 198 valence electrons. The minimum absolute atomic E-state index is 0.202. The third-order valence-electron chi connectivity index (χ3n) is 3.59. The van der Waals surface area contributed by atoms with Gasteiger partial charge in [0.25, 0.3) is 0 Å². The van der Waals surface area contributed by atoms with Gasteiger partial charge in [-0.3, -0.25) is 0 Å². The van der Waals surface area contributed by atoms with E-state index >= 15 is 0 Å². The Bertz CT molecular complexity index is 606. The first-order chi connectivity index (χ1) is 15.7. The maximum atomic E-state index is 12.2. The maximum absolute atomic E-state index is 12.2. The van der Waals surface area contributed by atoms with Crippen molar-refractivity contribution < 1.29 is 38.1 Å². The van der Waals surface area contributed by atoms with Crippen LogP contribution in [-0.2, 0) is 28.5 Å². The Morgan fingerprint density at radius 2 is 1.00 bits per heavy atom. The third-order valence-corrected chi connectivity index (χ3v) is 6.06. The molecule has 34 heavy (non-hydrogen) atoms. The number of ether oxygens (including phenoxy) is 4. The van der Waals surface area contributed by atoms with E-state index in [9.17, 15) is 19.2 Å². The molecule has 0 aliphatic carbocycles. The molecular formula is C22H40N2O8S2. The Morgan fingerprint density at radius 1 is 0.676 bits per heavy atom. The van der Waals surface area contributed by atoms with E-state index in [0.717, 1.165) is 0 Å². The van der Waals surface area contributed by atoms with E-state index in [2.05, 4.69) is 10.6 Å². The molecule has 0 bridgehead atoms. The van der Waals surface area contributed by atoms with Gasteiger partial charge in [0.2, 0.25) is 0 Å². The van der Waals surface area contributed by atoms with Crippen LogP contribution in [-0.4, -0.2) is 72.1 Å². The molecule has 0 saturated heterocycles. The van der Waals surface area contributed by atoms with Crippen molar-refractivity contribution in [2.45, 2.75) is 91.5 Å². The predicted molar refractivity (Wildman–Crippen MR) is 134 cm³/mol. The SMILES string of the molecule is CCOC(=O)[C@H](CCSSCC[C@H](NC(=O)OC(C)(C)C)C(=O)OCC)NC(=O)OC(C)(C)C. The van der Waals surface area contributed by atoms with E-state index in [1.54, 1.807) is 55.4 Å². The van der Waals surface area contributed by atoms with E-state index < -0.39 is 47.4 Å². The fraction of sp³-hybridized carbons (Fsp3) is 0.818. The lowest BCUT2D eigenvalue weighted by molar-refractivity contribution is -0.146. The Morgan fingerprint density at radius 3 is 1.26 bits per heavy atom. The lowest BCUT2D eigenvalue weighted by Crippen LogP contribution is -2.44. The molecule has 0 spiro atoms. The maximum Gasteiger partial charge on any atom is 0.408 e. The molecular weight excluding hydrogens is 484 g/mol. The van der Waals surface area contributed by atoms with Crippen LogP contribution < -0.4 is 10.6 Å². The molecule has 0 heterocycles. The zero-order chi connectivity index (χ0) is 26.4. The van der Waals surface area contributed by atoms with Crippen molar-refractivity contribution in [2.75, 3.05) is 24.7 Å². The molecule has 0 rings (SSSR count). The first-order valence-corrected chi connectivity index (χ1v) is 13.7. The summed E-state index contributed by atoms with van der Waals surface area (Å²) >= 11 is 0. The van der Waals surface area contributed by atoms with Gasteiger partial charge >= 0.3 is 24.1 Å². The number of carbonyl (C=O) groups excluding carboxylic acids is 4. The van der Waals surface area contributed by atoms with Crippen LogP contribution in [0.4, 0.5) is 9.59 Å². The Balaban J connectivity index is 4.64. The molecule has 0 fully saturated rings. The summed E-state index contributed by atoms with van der Waals surface area (Å²) in [4.78, 5) is 48.4. The van der Waals surface area contributed by atoms with Crippen molar-refractivity contribution in [1.82, 2.24) is 10.6 Å². The normalized spacial score (nSPS) is 13.3. The van der Waals surface area contributed by atoms with Crippen molar-refractivity contribution in [3.63, 3.8) is 0 Å². The summed E-state index contributed by atoms with van der Waals surface area (Å²) in [5, 5.41) is 5.11. The fourth-order valence-electron chi connectivity index (χ4n) is 2.33. The second-order valence-electron chi connectivity index (χ2n) is 9.12. The number of hydrogen-bond donors (Lipinski definition) is 2. The molecule has 0 aromatic rings. The molecule has 0 aromatic heterocycles. The Kier molecular flexibility index (Phi) is 15.1. The van der Waals surface area contributed by atoms with Gasteiger partial charge in [-0.2, -0.15) is 0 Å². The highest BCUT2D eigenvalue weighted by Gasteiger charge is 2.26. The van der Waals surface area contributed by atoms with Gasteiger partial charge in [0.15, 0.2) is 0 Å². The first kappa shape index (κ1) is 32.2. The van der Waals surface area contributed by atoms with Crippen molar-refractivity contribution in [2.24, 2.45) is 0 Å². The van der Waals surface area contributed by atoms with Crippen LogP contribution in [0.5, 0.6) is 0 Å². The second kappa shape index (κ2) is 16.0. The zero-order valence-corrected chi connectivity index (χ0v) is 23.1. The highest BCUT2D eigenvalue weighted by Crippen LogP contribution is 2.24. The summed E-state index contributed by atoms with van der Waals surface area (Å²) in [6.07, 6.45) is -0.692. The molecule has 2 atom stereocenters. The van der Waals surface area contributed by atoms with Gasteiger partial charge in [0, 0.05) is 11.5 Å². The Labute approximate surface area is 210 Å². The lowest BCUT2D eigenvalue weighted by Gasteiger charge is -2.23. The van der Waals surface area contributed by atoms with Crippen LogP contribution in [0.15, 0.2) is 0 Å². The van der Waals surface area contributed by atoms with Crippen LogP contribution in [0.25, 0.3) is 0 Å². The molecule has 0 aliphatic heterocycles. The summed E-state index contributed by atoms with van der Waals surface area (Å²) in [5.41, 5.74) is -1.37. The molecule has 2 N–H and O–H groups in total. The summed E-state index contributed by atoms with van der Waals surface area (Å²) in [5.74, 6) is 0.0203. The topological polar surface area (TPSA) is 129 Å². The summed E-state index contributed by atoms with van der Waals surface area (Å²) in [6, 6.07) is -1.66. The van der Waals surface area contributed by atoms with Crippen LogP contribution >= 0.6 is 21.6 Å². The second-order valence-corrected chi connectivity index (χ2v) is 11.8. The van der Waals surface area contributed by atoms with E-state index in [1.165, 1.54) is 21.6 Å². The Hall–Kier alpha value is -1.82. The quantitative estimate of drug-likeness (QED) is 0.157. The number of carbonyl (C=O) groups is 4. The molecule has 2 amide bonds. The van der Waals surface area contributed by atoms with Crippen molar-refractivity contribution in [3.05, 3.63) is 0 Å². The van der Waals surface area contributed by atoms with Crippen LogP contribution in [0, 0.1) is 0 Å². The minimum atomic E-state index is -0.830. The smallest absolute Gasteiger partial charge is 0.408 e. The molecule has 0 unspecified atom stereocenters. The molecule has 0 saturated carbocycles. The van der Waals surface area contributed by atoms with Crippen LogP contribution in [0.1, 0.15) is 68.2 Å². The van der Waals surface area contributed by atoms with Crippen LogP contribution in [0.3, 0.4) is 0 Å². The number of rotatable bonds is 13. The zero-order valence-electron chi connectivity index (χ0n) is 21.5. The third kappa shape index (κ3) is 16.7. The number of amides is 2. The number of esters is 2. The highest BCUT2D eigenvalue weighted by atomic mass is 33.1. The van der Waals surface area contributed by atoms with Gasteiger partial charge in [-0.25, -0.2) is 19.2 Å². The standard InChI is InChI=1S/C22H40N2O8S2/c1-9-29-17(25)15(23-19(27)31-21(3,4)5)11-13-33-34-14-12-16(18(26)30-10-2)24-20(28)32-22(6,7)8/h15-16H,9-14H2,1-8H3,(H,23,27)(H,24,28)/t15-,16-/m0/s1. The summed E-state index contributed by atoms with van der Waals surface area (Å²) in [7, 11) is 2.95. The molecule has 0 aromatic carbocycles. The average molecular weight is 525 g/mol. The molecule has 10 nitrogen and oxygen atoms in total. The van der Waals surface area contributed by atoms with E-state index in [-0.39, 0.29) is 13.2 Å². The van der Waals surface area contributed by atoms with E-state index in [4.69, 9.17) is 18.9 Å². The molecule has 0 radical (unpaired) electrons. The van der Waals surface area contributed by atoms with Crippen molar-refractivity contribution in [1.29, 1.82) is 0 Å². The van der Waals surface area contributed by atoms with Crippen molar-refractivity contribution >= 4 is 45.7 Å². The number of alkyl carbamates (subject to hydrolysis) is 2. The molecule has 12 heteroatoms. The van der Waals surface area contributed by atoms with Crippen molar-refractivity contribution in [3.8, 4) is 0 Å². The minimum Gasteiger partial charge on any atom is -0.464 e. The lowest BCUT2D eigenvalue weighted by atomic mass is 10.2. The van der Waals surface area contributed by atoms with Gasteiger partial charge in [-0.1, -0.05) is 21.6 Å². The number of hydrogen-bond acceptors (Lipinski definition) is 10. The van der Waals surface area contributed by atoms with E-state index in [1.807, 2.05) is 0 Å². The van der Waals surface area contributed by atoms with Crippen LogP contribution in [0.2, 0.25) is 0 Å². The fourth-order valence-corrected chi connectivity index (χ4v) is 4.52. The first-order valence-electron chi connectivity index (χ1n) is 11.2.